The van der Waals surface area contributed by atoms with Gasteiger partial charge in [0.25, 0.3) is 0 Å². The maximum Gasteiger partial charge on any atom is 0.245 e. The normalized spacial score (nSPS) is 16.2. The molecule has 1 saturated heterocycles. The van der Waals surface area contributed by atoms with Crippen molar-refractivity contribution in [3.05, 3.63) is 36.8 Å². The van der Waals surface area contributed by atoms with Gasteiger partial charge >= 0.3 is 0 Å². The Labute approximate surface area is 175 Å². The summed E-state index contributed by atoms with van der Waals surface area (Å²) in [4.78, 5) is 6.60. The Balaban J connectivity index is 0.00000140. The predicted molar refractivity (Wildman–Crippen MR) is 113 cm³/mol. The molecular formula is C18H23Cl2N7O. The Morgan fingerprint density at radius 1 is 1.18 bits per heavy atom. The Kier molecular flexibility index (Phi) is 7.56. The minimum absolute atomic E-state index is 0. The summed E-state index contributed by atoms with van der Waals surface area (Å²) < 4.78 is 0. The quantitative estimate of drug-likeness (QED) is 0.592. The highest BCUT2D eigenvalue weighted by Gasteiger charge is 2.20. The van der Waals surface area contributed by atoms with E-state index in [0.717, 1.165) is 37.2 Å². The molecule has 0 spiro atoms. The zero-order valence-corrected chi connectivity index (χ0v) is 17.0. The molecule has 8 nitrogen and oxygen atoms in total. The van der Waals surface area contributed by atoms with Crippen LogP contribution < -0.4 is 10.2 Å². The number of anilines is 1. The van der Waals surface area contributed by atoms with Crippen LogP contribution in [0.15, 0.2) is 36.8 Å². The van der Waals surface area contributed by atoms with E-state index in [1.165, 1.54) is 0 Å². The number of aromatic hydroxyl groups is 1. The number of H-pyrrole nitrogens is 1. The first-order valence-corrected chi connectivity index (χ1v) is 8.75. The van der Waals surface area contributed by atoms with Crippen molar-refractivity contribution in [2.24, 2.45) is 0 Å². The van der Waals surface area contributed by atoms with Crippen LogP contribution in [0.1, 0.15) is 13.3 Å². The molecule has 2 aromatic heterocycles. The van der Waals surface area contributed by atoms with Crippen LogP contribution in [0.5, 0.6) is 5.75 Å². The second-order valence-corrected chi connectivity index (χ2v) is 6.37. The molecule has 1 unspecified atom stereocenters. The van der Waals surface area contributed by atoms with Gasteiger partial charge in [0, 0.05) is 43.0 Å². The predicted octanol–water partition coefficient (Wildman–Crippen LogP) is 2.67. The molecule has 0 bridgehead atoms. The number of piperazine rings is 1. The molecular weight excluding hydrogens is 401 g/mol. The van der Waals surface area contributed by atoms with Gasteiger partial charge in [-0.15, -0.1) is 35.0 Å². The van der Waals surface area contributed by atoms with Crippen molar-refractivity contribution in [3.8, 4) is 28.1 Å². The Morgan fingerprint density at radius 3 is 2.68 bits per heavy atom. The largest absolute Gasteiger partial charge is 0.507 e. The van der Waals surface area contributed by atoms with Gasteiger partial charge in [0.2, 0.25) is 5.95 Å². The smallest absolute Gasteiger partial charge is 0.245 e. The summed E-state index contributed by atoms with van der Waals surface area (Å²) in [5, 5.41) is 29.1. The van der Waals surface area contributed by atoms with Crippen LogP contribution in [-0.2, 0) is 0 Å². The van der Waals surface area contributed by atoms with E-state index in [2.05, 4.69) is 42.5 Å². The van der Waals surface area contributed by atoms with E-state index in [0.29, 0.717) is 23.2 Å². The van der Waals surface area contributed by atoms with Crippen LogP contribution in [0.4, 0.5) is 5.95 Å². The van der Waals surface area contributed by atoms with E-state index in [1.54, 1.807) is 24.7 Å². The first-order valence-electron chi connectivity index (χ1n) is 8.75. The summed E-state index contributed by atoms with van der Waals surface area (Å²) in [6.07, 6.45) is 6.22. The number of aromatic amines is 1. The van der Waals surface area contributed by atoms with Gasteiger partial charge < -0.3 is 15.3 Å². The molecule has 0 saturated carbocycles. The molecule has 3 heterocycles. The number of hydrogen-bond donors (Lipinski definition) is 3. The average Bonchev–Trinajstić information content (AvgIpc) is 3.23. The van der Waals surface area contributed by atoms with Crippen molar-refractivity contribution in [1.29, 1.82) is 0 Å². The zero-order valence-electron chi connectivity index (χ0n) is 15.4. The lowest BCUT2D eigenvalue weighted by Crippen LogP contribution is -2.51. The van der Waals surface area contributed by atoms with Crippen LogP contribution in [0, 0.1) is 0 Å². The summed E-state index contributed by atoms with van der Waals surface area (Å²) >= 11 is 0. The monoisotopic (exact) mass is 423 g/mol. The number of benzene rings is 1. The van der Waals surface area contributed by atoms with E-state index in [4.69, 9.17) is 0 Å². The highest BCUT2D eigenvalue weighted by atomic mass is 35.5. The lowest BCUT2D eigenvalue weighted by Gasteiger charge is -2.32. The molecule has 1 aliphatic rings. The fourth-order valence-electron chi connectivity index (χ4n) is 3.15. The van der Waals surface area contributed by atoms with Gasteiger partial charge in [-0.3, -0.25) is 5.10 Å². The van der Waals surface area contributed by atoms with Gasteiger partial charge in [0.05, 0.1) is 12.4 Å². The fraction of sp³-hybridized carbons (Fsp3) is 0.333. The van der Waals surface area contributed by atoms with Crippen molar-refractivity contribution in [2.75, 3.05) is 24.5 Å². The average molecular weight is 424 g/mol. The summed E-state index contributed by atoms with van der Waals surface area (Å²) in [6.45, 7) is 4.82. The SMILES string of the molecule is CCC1CN(c2ncc(-c3ccc(-c4cn[nH]c4)cc3O)nn2)CCN1.Cl.Cl. The summed E-state index contributed by atoms with van der Waals surface area (Å²) in [6, 6.07) is 5.88. The molecule has 10 heteroatoms. The van der Waals surface area contributed by atoms with Crippen LogP contribution in [0.25, 0.3) is 22.4 Å². The van der Waals surface area contributed by atoms with Crippen molar-refractivity contribution in [2.45, 2.75) is 19.4 Å². The third kappa shape index (κ3) is 4.52. The molecule has 1 fully saturated rings. The number of halogens is 2. The number of hydrogen-bond acceptors (Lipinski definition) is 7. The maximum absolute atomic E-state index is 10.4. The standard InChI is InChI=1S/C18H21N7O.2ClH/c1-2-14-11-25(6-5-19-14)18-20-10-16(23-24-18)15-4-3-12(7-17(15)26)13-8-21-22-9-13;;/h3-4,7-10,14,19,26H,2,5-6,11H2,1H3,(H,21,22);2*1H. The molecule has 1 aromatic carbocycles. The Hall–Kier alpha value is -2.42. The van der Waals surface area contributed by atoms with Crippen LogP contribution in [-0.4, -0.2) is 56.2 Å². The van der Waals surface area contributed by atoms with Crippen LogP contribution in [0.2, 0.25) is 0 Å². The Morgan fingerprint density at radius 2 is 2.04 bits per heavy atom. The minimum Gasteiger partial charge on any atom is -0.507 e. The molecule has 150 valence electrons. The van der Waals surface area contributed by atoms with Crippen LogP contribution >= 0.6 is 24.8 Å². The van der Waals surface area contributed by atoms with Gasteiger partial charge in [-0.25, -0.2) is 4.98 Å². The summed E-state index contributed by atoms with van der Waals surface area (Å²) in [7, 11) is 0. The van der Waals surface area contributed by atoms with Crippen LogP contribution in [0.3, 0.4) is 0 Å². The van der Waals surface area contributed by atoms with E-state index >= 15 is 0 Å². The lowest BCUT2D eigenvalue weighted by atomic mass is 10.0. The highest BCUT2D eigenvalue weighted by Crippen LogP contribution is 2.31. The van der Waals surface area contributed by atoms with Crippen molar-refractivity contribution >= 4 is 30.8 Å². The molecule has 0 aliphatic carbocycles. The lowest BCUT2D eigenvalue weighted by molar-refractivity contribution is 0.442. The van der Waals surface area contributed by atoms with Gasteiger partial charge in [0.1, 0.15) is 11.4 Å². The molecule has 1 aliphatic heterocycles. The van der Waals surface area contributed by atoms with Gasteiger partial charge in [-0.2, -0.15) is 5.10 Å². The van der Waals surface area contributed by atoms with Gasteiger partial charge in [-0.1, -0.05) is 13.0 Å². The first-order chi connectivity index (χ1) is 12.7. The van der Waals surface area contributed by atoms with Gasteiger partial charge in [0.15, 0.2) is 0 Å². The molecule has 1 atom stereocenters. The molecule has 0 radical (unpaired) electrons. The van der Waals surface area contributed by atoms with Crippen molar-refractivity contribution in [3.63, 3.8) is 0 Å². The molecule has 28 heavy (non-hydrogen) atoms. The zero-order chi connectivity index (χ0) is 17.9. The summed E-state index contributed by atoms with van der Waals surface area (Å²) in [5.41, 5.74) is 2.95. The molecule has 4 rings (SSSR count). The van der Waals surface area contributed by atoms with E-state index in [-0.39, 0.29) is 30.6 Å². The number of phenols is 1. The third-order valence-electron chi connectivity index (χ3n) is 4.69. The molecule has 3 N–H and O–H groups in total. The highest BCUT2D eigenvalue weighted by molar-refractivity contribution is 5.85. The second kappa shape index (κ2) is 9.68. The molecule has 0 amide bonds. The topological polar surface area (TPSA) is 103 Å². The minimum atomic E-state index is 0. The number of aromatic nitrogens is 5. The Bertz CT molecular complexity index is 874. The fourth-order valence-corrected chi connectivity index (χ4v) is 3.15. The second-order valence-electron chi connectivity index (χ2n) is 6.37. The third-order valence-corrected chi connectivity index (χ3v) is 4.69. The maximum atomic E-state index is 10.4. The van der Waals surface area contributed by atoms with Crippen molar-refractivity contribution < 1.29 is 5.11 Å². The van der Waals surface area contributed by atoms with E-state index in [1.807, 2.05) is 12.1 Å². The van der Waals surface area contributed by atoms with Crippen molar-refractivity contribution in [1.82, 2.24) is 30.7 Å². The molecule has 3 aromatic rings. The number of rotatable bonds is 4. The van der Waals surface area contributed by atoms with E-state index < -0.39 is 0 Å². The van der Waals surface area contributed by atoms with Gasteiger partial charge in [-0.05, 0) is 24.1 Å². The summed E-state index contributed by atoms with van der Waals surface area (Å²) in [5.74, 6) is 0.768. The van der Waals surface area contributed by atoms with E-state index in [9.17, 15) is 5.11 Å². The number of nitrogens with one attached hydrogen (secondary N) is 2. The number of phenolic OH excluding ortho intramolecular Hbond substituents is 1. The number of nitrogens with zero attached hydrogens (tertiary/aromatic N) is 5. The first kappa shape index (κ1) is 21.9.